The first-order valence-electron chi connectivity index (χ1n) is 4.35. The summed E-state index contributed by atoms with van der Waals surface area (Å²) in [6, 6.07) is 4.39. The molecule has 0 aliphatic carbocycles. The van der Waals surface area contributed by atoms with E-state index in [0.717, 1.165) is 6.07 Å². The zero-order valence-corrected chi connectivity index (χ0v) is 7.98. The Morgan fingerprint density at radius 3 is 2.50 bits per heavy atom. The highest BCUT2D eigenvalue weighted by Crippen LogP contribution is 2.30. The zero-order chi connectivity index (χ0) is 11.7. The van der Waals surface area contributed by atoms with Gasteiger partial charge in [-0.05, 0) is 18.2 Å². The summed E-state index contributed by atoms with van der Waals surface area (Å²) >= 11 is 0. The quantitative estimate of drug-likeness (QED) is 0.771. The van der Waals surface area contributed by atoms with Crippen LogP contribution in [0.1, 0.15) is 0 Å². The van der Waals surface area contributed by atoms with Crippen LogP contribution >= 0.6 is 0 Å². The summed E-state index contributed by atoms with van der Waals surface area (Å²) in [5.74, 6) is -2.34. The van der Waals surface area contributed by atoms with Crippen LogP contribution in [0, 0.1) is 11.6 Å². The molecule has 0 bridgehead atoms. The second kappa shape index (κ2) is 3.73. The van der Waals surface area contributed by atoms with Crippen molar-refractivity contribution in [1.82, 2.24) is 10.2 Å². The molecule has 6 heteroatoms. The second-order valence-corrected chi connectivity index (χ2v) is 3.13. The predicted octanol–water partition coefficient (Wildman–Crippen LogP) is 1.71. The Bertz CT molecular complexity index is 528. The molecule has 82 valence electrons. The molecule has 2 aromatic rings. The van der Waals surface area contributed by atoms with Crippen molar-refractivity contribution < 1.29 is 13.9 Å². The summed E-state index contributed by atoms with van der Waals surface area (Å²) < 4.78 is 26.0. The number of rotatable bonds is 1. The van der Waals surface area contributed by atoms with Gasteiger partial charge in [0.25, 0.3) is 0 Å². The molecular weight excluding hydrogens is 216 g/mol. The fourth-order valence-electron chi connectivity index (χ4n) is 1.25. The van der Waals surface area contributed by atoms with Gasteiger partial charge in [0.2, 0.25) is 0 Å². The minimum atomic E-state index is -1.05. The van der Waals surface area contributed by atoms with E-state index >= 15 is 0 Å². The van der Waals surface area contributed by atoms with Crippen molar-refractivity contribution in [3.63, 3.8) is 0 Å². The third-order valence-corrected chi connectivity index (χ3v) is 1.99. The van der Waals surface area contributed by atoms with Crippen molar-refractivity contribution in [3.8, 4) is 17.0 Å². The van der Waals surface area contributed by atoms with Gasteiger partial charge < -0.3 is 10.8 Å². The fraction of sp³-hybridized carbons (Fsp3) is 0. The summed E-state index contributed by atoms with van der Waals surface area (Å²) in [4.78, 5) is 0. The van der Waals surface area contributed by atoms with Gasteiger partial charge in [-0.15, -0.1) is 10.2 Å². The van der Waals surface area contributed by atoms with Crippen molar-refractivity contribution in [3.05, 3.63) is 35.9 Å². The van der Waals surface area contributed by atoms with Gasteiger partial charge in [-0.2, -0.15) is 0 Å². The lowest BCUT2D eigenvalue weighted by Gasteiger charge is -2.04. The number of phenolic OH excluding ortho intramolecular Hbond substituents is 1. The highest BCUT2D eigenvalue weighted by Gasteiger charge is 2.13. The van der Waals surface area contributed by atoms with Crippen molar-refractivity contribution >= 4 is 5.82 Å². The van der Waals surface area contributed by atoms with Crippen LogP contribution in [0.4, 0.5) is 14.6 Å². The highest BCUT2D eigenvalue weighted by molar-refractivity contribution is 5.67. The SMILES string of the molecule is Nc1ccc(-c2cc(F)cc(F)c2O)nn1. The maximum atomic E-state index is 13.0. The molecule has 2 rings (SSSR count). The first kappa shape index (κ1) is 10.3. The van der Waals surface area contributed by atoms with E-state index in [9.17, 15) is 13.9 Å². The molecule has 0 radical (unpaired) electrons. The van der Waals surface area contributed by atoms with Gasteiger partial charge in [0.05, 0.1) is 5.69 Å². The summed E-state index contributed by atoms with van der Waals surface area (Å²) in [6.45, 7) is 0. The topological polar surface area (TPSA) is 72.0 Å². The number of aromatic hydroxyl groups is 1. The molecule has 0 aliphatic heterocycles. The molecule has 0 aliphatic rings. The summed E-state index contributed by atoms with van der Waals surface area (Å²) in [5, 5.41) is 16.6. The Balaban J connectivity index is 2.59. The van der Waals surface area contributed by atoms with Crippen LogP contribution < -0.4 is 5.73 Å². The third kappa shape index (κ3) is 1.77. The molecule has 3 N–H and O–H groups in total. The van der Waals surface area contributed by atoms with Gasteiger partial charge in [-0.25, -0.2) is 8.78 Å². The van der Waals surface area contributed by atoms with Gasteiger partial charge >= 0.3 is 0 Å². The van der Waals surface area contributed by atoms with Gasteiger partial charge in [-0.3, -0.25) is 0 Å². The number of aromatic nitrogens is 2. The molecular formula is C10H7F2N3O. The number of halogens is 2. The highest BCUT2D eigenvalue weighted by atomic mass is 19.1. The normalized spacial score (nSPS) is 10.4. The minimum absolute atomic E-state index is 0.0648. The van der Waals surface area contributed by atoms with Crippen molar-refractivity contribution in [2.45, 2.75) is 0 Å². The van der Waals surface area contributed by atoms with Gasteiger partial charge in [0.1, 0.15) is 11.6 Å². The monoisotopic (exact) mass is 223 g/mol. The Morgan fingerprint density at radius 2 is 1.88 bits per heavy atom. The van der Waals surface area contributed by atoms with E-state index in [2.05, 4.69) is 10.2 Å². The van der Waals surface area contributed by atoms with Crippen LogP contribution in [0.25, 0.3) is 11.3 Å². The van der Waals surface area contributed by atoms with Crippen molar-refractivity contribution in [1.29, 1.82) is 0 Å². The van der Waals surface area contributed by atoms with E-state index in [0.29, 0.717) is 6.07 Å². The first-order valence-corrected chi connectivity index (χ1v) is 4.35. The van der Waals surface area contributed by atoms with Crippen LogP contribution in [0.2, 0.25) is 0 Å². The lowest BCUT2D eigenvalue weighted by atomic mass is 10.1. The molecule has 0 saturated heterocycles. The first-order chi connectivity index (χ1) is 7.58. The molecule has 0 fully saturated rings. The summed E-state index contributed by atoms with van der Waals surface area (Å²) in [7, 11) is 0. The molecule has 0 saturated carbocycles. The molecule has 0 spiro atoms. The van der Waals surface area contributed by atoms with Gasteiger partial charge in [0.15, 0.2) is 11.6 Å². The fourth-order valence-corrected chi connectivity index (χ4v) is 1.25. The van der Waals surface area contributed by atoms with Crippen molar-refractivity contribution in [2.24, 2.45) is 0 Å². The lowest BCUT2D eigenvalue weighted by molar-refractivity contribution is 0.430. The van der Waals surface area contributed by atoms with E-state index in [1.165, 1.54) is 12.1 Å². The summed E-state index contributed by atoms with van der Waals surface area (Å²) in [5.41, 5.74) is 5.40. The van der Waals surface area contributed by atoms with E-state index in [1.54, 1.807) is 0 Å². The third-order valence-electron chi connectivity index (χ3n) is 1.99. The number of hydrogen-bond donors (Lipinski definition) is 2. The Hall–Kier alpha value is -2.24. The molecule has 0 atom stereocenters. The number of anilines is 1. The number of nitrogens with zero attached hydrogens (tertiary/aromatic N) is 2. The van der Waals surface area contributed by atoms with Gasteiger partial charge in [0, 0.05) is 11.6 Å². The minimum Gasteiger partial charge on any atom is -0.504 e. The van der Waals surface area contributed by atoms with Gasteiger partial charge in [-0.1, -0.05) is 0 Å². The number of phenols is 1. The largest absolute Gasteiger partial charge is 0.504 e. The van der Waals surface area contributed by atoms with E-state index in [1.807, 2.05) is 0 Å². The summed E-state index contributed by atoms with van der Waals surface area (Å²) in [6.07, 6.45) is 0. The Labute approximate surface area is 89.4 Å². The van der Waals surface area contributed by atoms with Crippen LogP contribution in [0.3, 0.4) is 0 Å². The molecule has 16 heavy (non-hydrogen) atoms. The second-order valence-electron chi connectivity index (χ2n) is 3.13. The maximum Gasteiger partial charge on any atom is 0.168 e. The molecule has 1 aromatic heterocycles. The smallest absolute Gasteiger partial charge is 0.168 e. The molecule has 0 amide bonds. The molecule has 0 unspecified atom stereocenters. The Morgan fingerprint density at radius 1 is 1.12 bits per heavy atom. The van der Waals surface area contributed by atoms with E-state index in [4.69, 9.17) is 5.73 Å². The maximum absolute atomic E-state index is 13.0. The average molecular weight is 223 g/mol. The van der Waals surface area contributed by atoms with Crippen LogP contribution in [-0.2, 0) is 0 Å². The number of nitrogen functional groups attached to an aromatic ring is 1. The number of nitrogens with two attached hydrogens (primary N) is 1. The van der Waals surface area contributed by atoms with Crippen LogP contribution in [0.15, 0.2) is 24.3 Å². The number of benzene rings is 1. The molecule has 1 heterocycles. The zero-order valence-electron chi connectivity index (χ0n) is 7.98. The van der Waals surface area contributed by atoms with Crippen LogP contribution in [-0.4, -0.2) is 15.3 Å². The molecule has 1 aromatic carbocycles. The average Bonchev–Trinajstić information content (AvgIpc) is 2.25. The number of hydrogen-bond acceptors (Lipinski definition) is 4. The van der Waals surface area contributed by atoms with E-state index in [-0.39, 0.29) is 17.1 Å². The lowest BCUT2D eigenvalue weighted by Crippen LogP contribution is -1.95. The van der Waals surface area contributed by atoms with Crippen LogP contribution in [0.5, 0.6) is 5.75 Å². The van der Waals surface area contributed by atoms with E-state index < -0.39 is 17.4 Å². The predicted molar refractivity (Wildman–Crippen MR) is 53.5 cm³/mol. The van der Waals surface area contributed by atoms with Crippen molar-refractivity contribution in [2.75, 3.05) is 5.73 Å². The Kier molecular flexibility index (Phi) is 2.40. The standard InChI is InChI=1S/C10H7F2N3O/c11-5-3-6(10(16)7(12)4-5)8-1-2-9(13)15-14-8/h1-4,16H,(H2,13,15). The molecule has 4 nitrogen and oxygen atoms in total.